The molecule has 2 heteroatoms. The van der Waals surface area contributed by atoms with Crippen LogP contribution in [0.25, 0.3) is 0 Å². The van der Waals surface area contributed by atoms with Gasteiger partial charge >= 0.3 is 0 Å². The van der Waals surface area contributed by atoms with E-state index in [9.17, 15) is 0 Å². The maximum Gasteiger partial charge on any atom is 0.119 e. The molecule has 0 atom stereocenters. The Morgan fingerprint density at radius 3 is 2.59 bits per heavy atom. The lowest BCUT2D eigenvalue weighted by molar-refractivity contribution is -0.858. The zero-order chi connectivity index (χ0) is 12.7. The summed E-state index contributed by atoms with van der Waals surface area (Å²) >= 11 is 0. The number of benzene rings is 1. The predicted molar refractivity (Wildman–Crippen MR) is 72.9 cm³/mol. The largest absolute Gasteiger partial charge is 0.494 e. The molecule has 1 aromatic rings. The third kappa shape index (κ3) is 5.73. The smallest absolute Gasteiger partial charge is 0.119 e. The van der Waals surface area contributed by atoms with Crippen LogP contribution in [-0.2, 0) is 0 Å². The highest BCUT2D eigenvalue weighted by Crippen LogP contribution is 2.20. The van der Waals surface area contributed by atoms with Gasteiger partial charge in [-0.1, -0.05) is 26.0 Å². The fraction of sp³-hybridized carbons (Fsp3) is 0.600. The van der Waals surface area contributed by atoms with E-state index in [-0.39, 0.29) is 0 Å². The van der Waals surface area contributed by atoms with Gasteiger partial charge in [0.1, 0.15) is 5.75 Å². The molecule has 2 nitrogen and oxygen atoms in total. The Hall–Kier alpha value is -1.02. The van der Waals surface area contributed by atoms with Crippen molar-refractivity contribution in [1.29, 1.82) is 0 Å². The SMILES string of the molecule is CC(C)c1cccc(OCCCC[NH+](C)C)c1. The second-order valence-electron chi connectivity index (χ2n) is 5.24. The van der Waals surface area contributed by atoms with Crippen molar-refractivity contribution in [3.8, 4) is 5.75 Å². The van der Waals surface area contributed by atoms with Crippen molar-refractivity contribution < 1.29 is 9.64 Å². The van der Waals surface area contributed by atoms with Crippen molar-refractivity contribution in [3.63, 3.8) is 0 Å². The van der Waals surface area contributed by atoms with Gasteiger partial charge in [-0.05, 0) is 36.5 Å². The Morgan fingerprint density at radius 2 is 1.94 bits per heavy atom. The summed E-state index contributed by atoms with van der Waals surface area (Å²) in [5.74, 6) is 1.57. The first-order valence-electron chi connectivity index (χ1n) is 6.61. The minimum absolute atomic E-state index is 0.566. The normalized spacial score (nSPS) is 11.2. The molecule has 0 unspecified atom stereocenters. The Labute approximate surface area is 106 Å². The molecule has 0 aliphatic rings. The fourth-order valence-corrected chi connectivity index (χ4v) is 1.73. The van der Waals surface area contributed by atoms with E-state index in [1.165, 1.54) is 23.4 Å². The highest BCUT2D eigenvalue weighted by Gasteiger charge is 2.01. The van der Waals surface area contributed by atoms with Crippen LogP contribution in [-0.4, -0.2) is 27.2 Å². The molecule has 1 aromatic carbocycles. The Morgan fingerprint density at radius 1 is 1.18 bits per heavy atom. The molecule has 0 saturated heterocycles. The average Bonchev–Trinajstić information content (AvgIpc) is 2.28. The van der Waals surface area contributed by atoms with Crippen LogP contribution >= 0.6 is 0 Å². The number of ether oxygens (including phenoxy) is 1. The molecular weight excluding hydrogens is 210 g/mol. The molecular formula is C15H26NO+. The van der Waals surface area contributed by atoms with Gasteiger partial charge in [0.05, 0.1) is 27.2 Å². The minimum Gasteiger partial charge on any atom is -0.494 e. The topological polar surface area (TPSA) is 13.7 Å². The molecule has 0 radical (unpaired) electrons. The van der Waals surface area contributed by atoms with Crippen LogP contribution in [0.1, 0.15) is 38.2 Å². The Bertz CT molecular complexity index is 320. The van der Waals surface area contributed by atoms with Gasteiger partial charge in [0.25, 0.3) is 0 Å². The fourth-order valence-electron chi connectivity index (χ4n) is 1.73. The summed E-state index contributed by atoms with van der Waals surface area (Å²) in [5.41, 5.74) is 1.35. The van der Waals surface area contributed by atoms with E-state index < -0.39 is 0 Å². The summed E-state index contributed by atoms with van der Waals surface area (Å²) < 4.78 is 5.77. The molecule has 0 heterocycles. The highest BCUT2D eigenvalue weighted by atomic mass is 16.5. The molecule has 1 rings (SSSR count). The molecule has 0 spiro atoms. The van der Waals surface area contributed by atoms with Crippen molar-refractivity contribution in [2.45, 2.75) is 32.6 Å². The van der Waals surface area contributed by atoms with Crippen molar-refractivity contribution in [2.75, 3.05) is 27.2 Å². The van der Waals surface area contributed by atoms with Gasteiger partial charge in [-0.25, -0.2) is 0 Å². The molecule has 17 heavy (non-hydrogen) atoms. The second-order valence-corrected chi connectivity index (χ2v) is 5.24. The minimum atomic E-state index is 0.566. The van der Waals surface area contributed by atoms with Gasteiger partial charge in [0.15, 0.2) is 0 Å². The van der Waals surface area contributed by atoms with Gasteiger partial charge < -0.3 is 9.64 Å². The molecule has 0 aliphatic heterocycles. The summed E-state index contributed by atoms with van der Waals surface area (Å²) in [7, 11) is 4.37. The lowest BCUT2D eigenvalue weighted by Gasteiger charge is -2.10. The number of hydrogen-bond donors (Lipinski definition) is 1. The predicted octanol–water partition coefficient (Wildman–Crippen LogP) is 2.11. The maximum atomic E-state index is 5.77. The van der Waals surface area contributed by atoms with Crippen LogP contribution in [0.2, 0.25) is 0 Å². The van der Waals surface area contributed by atoms with E-state index in [4.69, 9.17) is 4.74 Å². The van der Waals surface area contributed by atoms with Crippen LogP contribution in [0.15, 0.2) is 24.3 Å². The third-order valence-electron chi connectivity index (χ3n) is 2.86. The zero-order valence-electron chi connectivity index (χ0n) is 11.6. The van der Waals surface area contributed by atoms with E-state index in [0.717, 1.165) is 18.8 Å². The number of quaternary nitrogens is 1. The van der Waals surface area contributed by atoms with Crippen LogP contribution in [0.5, 0.6) is 5.75 Å². The van der Waals surface area contributed by atoms with E-state index >= 15 is 0 Å². The van der Waals surface area contributed by atoms with Gasteiger partial charge in [-0.3, -0.25) is 0 Å². The Balaban J connectivity index is 2.29. The molecule has 0 fully saturated rings. The lowest BCUT2D eigenvalue weighted by Crippen LogP contribution is -3.05. The number of rotatable bonds is 7. The number of unbranched alkanes of at least 4 members (excludes halogenated alkanes) is 1. The van der Waals surface area contributed by atoms with Crippen molar-refractivity contribution in [2.24, 2.45) is 0 Å². The first-order chi connectivity index (χ1) is 8.09. The van der Waals surface area contributed by atoms with Crippen molar-refractivity contribution in [3.05, 3.63) is 29.8 Å². The van der Waals surface area contributed by atoms with Crippen LogP contribution < -0.4 is 9.64 Å². The Kier molecular flexibility index (Phi) is 6.06. The first-order valence-corrected chi connectivity index (χ1v) is 6.61. The van der Waals surface area contributed by atoms with Crippen molar-refractivity contribution in [1.82, 2.24) is 0 Å². The van der Waals surface area contributed by atoms with E-state index in [2.05, 4.69) is 46.1 Å². The molecule has 0 saturated carbocycles. The van der Waals surface area contributed by atoms with E-state index in [1.54, 1.807) is 0 Å². The van der Waals surface area contributed by atoms with Crippen LogP contribution in [0.3, 0.4) is 0 Å². The summed E-state index contributed by atoms with van der Waals surface area (Å²) in [6, 6.07) is 8.44. The van der Waals surface area contributed by atoms with E-state index in [1.807, 2.05) is 6.07 Å². The average molecular weight is 236 g/mol. The molecule has 0 aromatic heterocycles. The summed E-state index contributed by atoms with van der Waals surface area (Å²) in [6.07, 6.45) is 2.36. The molecule has 96 valence electrons. The summed E-state index contributed by atoms with van der Waals surface area (Å²) in [5, 5.41) is 0. The highest BCUT2D eigenvalue weighted by molar-refractivity contribution is 5.30. The number of hydrogen-bond acceptors (Lipinski definition) is 1. The maximum absolute atomic E-state index is 5.77. The van der Waals surface area contributed by atoms with Crippen LogP contribution in [0.4, 0.5) is 0 Å². The van der Waals surface area contributed by atoms with E-state index in [0.29, 0.717) is 5.92 Å². The number of nitrogens with one attached hydrogen (secondary N) is 1. The quantitative estimate of drug-likeness (QED) is 0.716. The molecule has 0 bridgehead atoms. The van der Waals surface area contributed by atoms with Crippen LogP contribution in [0, 0.1) is 0 Å². The monoisotopic (exact) mass is 236 g/mol. The molecule has 1 N–H and O–H groups in total. The zero-order valence-corrected chi connectivity index (χ0v) is 11.6. The lowest BCUT2D eigenvalue weighted by atomic mass is 10.0. The van der Waals surface area contributed by atoms with Gasteiger partial charge in [0, 0.05) is 0 Å². The van der Waals surface area contributed by atoms with Gasteiger partial charge in [-0.15, -0.1) is 0 Å². The second kappa shape index (κ2) is 7.33. The molecule has 0 aliphatic carbocycles. The van der Waals surface area contributed by atoms with Crippen molar-refractivity contribution >= 4 is 0 Å². The molecule has 0 amide bonds. The van der Waals surface area contributed by atoms with Gasteiger partial charge in [0.2, 0.25) is 0 Å². The van der Waals surface area contributed by atoms with Gasteiger partial charge in [-0.2, -0.15) is 0 Å². The first kappa shape index (κ1) is 14.0. The summed E-state index contributed by atoms with van der Waals surface area (Å²) in [6.45, 7) is 6.46. The standard InChI is InChI=1S/C15H25NO/c1-13(2)14-8-7-9-15(12-14)17-11-6-5-10-16(3)4/h7-9,12-13H,5-6,10-11H2,1-4H3/p+1. The summed E-state index contributed by atoms with van der Waals surface area (Å²) in [4.78, 5) is 1.51. The third-order valence-corrected chi connectivity index (χ3v) is 2.86.